The molecule has 1 N–H and O–H groups in total. The van der Waals surface area contributed by atoms with E-state index in [0.717, 1.165) is 10.6 Å². The van der Waals surface area contributed by atoms with Crippen molar-refractivity contribution in [2.24, 2.45) is 0 Å². The van der Waals surface area contributed by atoms with Crippen LogP contribution in [0.5, 0.6) is 5.75 Å². The van der Waals surface area contributed by atoms with Crippen LogP contribution >= 0.6 is 11.3 Å². The smallest absolute Gasteiger partial charge is 0.358 e. The van der Waals surface area contributed by atoms with Crippen LogP contribution in [0, 0.1) is 0 Å². The maximum absolute atomic E-state index is 12.1. The summed E-state index contributed by atoms with van der Waals surface area (Å²) in [6.45, 7) is -0.408. The van der Waals surface area contributed by atoms with Crippen LogP contribution in [0.3, 0.4) is 0 Å². The molecular weight excluding hydrogens is 352 g/mol. The Morgan fingerprint density at radius 2 is 1.81 bits per heavy atom. The van der Waals surface area contributed by atoms with E-state index in [-0.39, 0.29) is 5.69 Å². The van der Waals surface area contributed by atoms with E-state index in [0.29, 0.717) is 11.4 Å². The number of anilines is 1. The van der Waals surface area contributed by atoms with Crippen LogP contribution < -0.4 is 10.1 Å². The summed E-state index contributed by atoms with van der Waals surface area (Å²) < 4.78 is 10.2. The Morgan fingerprint density at radius 3 is 2.58 bits per heavy atom. The minimum absolute atomic E-state index is 0.180. The fourth-order valence-electron chi connectivity index (χ4n) is 2.22. The summed E-state index contributed by atoms with van der Waals surface area (Å²) in [6.07, 6.45) is 0. The summed E-state index contributed by atoms with van der Waals surface area (Å²) in [4.78, 5) is 28.3. The number of amides is 1. The maximum atomic E-state index is 12.1. The molecule has 0 bridgehead atoms. The SMILES string of the molecule is COc1ccccc1NC(=O)COC(=O)c1csc(-c2ccccc2)n1. The summed E-state index contributed by atoms with van der Waals surface area (Å²) in [7, 11) is 1.51. The van der Waals surface area contributed by atoms with Crippen LogP contribution in [0.4, 0.5) is 5.69 Å². The molecule has 1 amide bonds. The fourth-order valence-corrected chi connectivity index (χ4v) is 3.02. The minimum Gasteiger partial charge on any atom is -0.495 e. The van der Waals surface area contributed by atoms with Crippen molar-refractivity contribution >= 4 is 28.9 Å². The van der Waals surface area contributed by atoms with E-state index in [1.54, 1.807) is 29.6 Å². The van der Waals surface area contributed by atoms with Crippen molar-refractivity contribution in [2.75, 3.05) is 19.0 Å². The van der Waals surface area contributed by atoms with Crippen molar-refractivity contribution in [3.8, 4) is 16.3 Å². The Kier molecular flexibility index (Phi) is 5.60. The molecule has 0 aliphatic carbocycles. The number of aromatic nitrogens is 1. The molecule has 132 valence electrons. The first-order valence-corrected chi connectivity index (χ1v) is 8.66. The van der Waals surface area contributed by atoms with Gasteiger partial charge < -0.3 is 14.8 Å². The first-order chi connectivity index (χ1) is 12.7. The van der Waals surface area contributed by atoms with Gasteiger partial charge >= 0.3 is 5.97 Å². The largest absolute Gasteiger partial charge is 0.495 e. The zero-order valence-corrected chi connectivity index (χ0v) is 14.8. The Balaban J connectivity index is 1.57. The lowest BCUT2D eigenvalue weighted by Gasteiger charge is -2.09. The molecule has 0 saturated carbocycles. The molecule has 0 spiro atoms. The zero-order valence-electron chi connectivity index (χ0n) is 14.0. The number of rotatable bonds is 6. The Labute approximate surface area is 154 Å². The number of nitrogens with one attached hydrogen (secondary N) is 1. The Hall–Kier alpha value is -3.19. The summed E-state index contributed by atoms with van der Waals surface area (Å²) in [5.41, 5.74) is 1.61. The van der Waals surface area contributed by atoms with Gasteiger partial charge in [-0.1, -0.05) is 42.5 Å². The number of carbonyl (C=O) groups is 2. The van der Waals surface area contributed by atoms with Crippen LogP contribution in [0.15, 0.2) is 60.0 Å². The highest BCUT2D eigenvalue weighted by Gasteiger charge is 2.15. The molecule has 3 aromatic rings. The van der Waals surface area contributed by atoms with Crippen LogP contribution in [-0.2, 0) is 9.53 Å². The molecule has 0 aliphatic rings. The number of thiazole rings is 1. The molecule has 0 unspecified atom stereocenters. The van der Waals surface area contributed by atoms with Crippen molar-refractivity contribution in [2.45, 2.75) is 0 Å². The quantitative estimate of drug-likeness (QED) is 0.673. The third-order valence-electron chi connectivity index (χ3n) is 3.45. The van der Waals surface area contributed by atoms with Gasteiger partial charge in [-0.2, -0.15) is 0 Å². The molecule has 2 aromatic carbocycles. The van der Waals surface area contributed by atoms with Gasteiger partial charge in [0.2, 0.25) is 0 Å². The second-order valence-electron chi connectivity index (χ2n) is 5.23. The molecule has 1 heterocycles. The monoisotopic (exact) mass is 368 g/mol. The van der Waals surface area contributed by atoms with E-state index < -0.39 is 18.5 Å². The highest BCUT2D eigenvalue weighted by atomic mass is 32.1. The highest BCUT2D eigenvalue weighted by molar-refractivity contribution is 7.13. The molecule has 0 atom stereocenters. The van der Waals surface area contributed by atoms with E-state index in [1.165, 1.54) is 18.4 Å². The van der Waals surface area contributed by atoms with E-state index in [4.69, 9.17) is 9.47 Å². The normalized spacial score (nSPS) is 10.2. The molecule has 0 aliphatic heterocycles. The summed E-state index contributed by atoms with van der Waals surface area (Å²) >= 11 is 1.34. The summed E-state index contributed by atoms with van der Waals surface area (Å²) in [5, 5.41) is 4.97. The average Bonchev–Trinajstić information content (AvgIpc) is 3.17. The second-order valence-corrected chi connectivity index (χ2v) is 6.09. The van der Waals surface area contributed by atoms with Crippen molar-refractivity contribution in [1.29, 1.82) is 0 Å². The third-order valence-corrected chi connectivity index (χ3v) is 4.34. The van der Waals surface area contributed by atoms with Crippen LogP contribution in [0.1, 0.15) is 10.5 Å². The summed E-state index contributed by atoms with van der Waals surface area (Å²) in [6, 6.07) is 16.5. The third kappa shape index (κ3) is 4.25. The van der Waals surface area contributed by atoms with Crippen LogP contribution in [0.25, 0.3) is 10.6 Å². The lowest BCUT2D eigenvalue weighted by Crippen LogP contribution is -2.21. The number of ether oxygens (including phenoxy) is 2. The summed E-state index contributed by atoms with van der Waals surface area (Å²) in [5.74, 6) is -0.570. The number of benzene rings is 2. The predicted molar refractivity (Wildman–Crippen MR) is 99.5 cm³/mol. The van der Waals surface area contributed by atoms with E-state index in [1.807, 2.05) is 30.3 Å². The highest BCUT2D eigenvalue weighted by Crippen LogP contribution is 2.24. The van der Waals surface area contributed by atoms with E-state index >= 15 is 0 Å². The number of hydrogen-bond donors (Lipinski definition) is 1. The van der Waals surface area contributed by atoms with Crippen molar-refractivity contribution in [3.63, 3.8) is 0 Å². The number of methoxy groups -OCH3 is 1. The topological polar surface area (TPSA) is 77.5 Å². The Morgan fingerprint density at radius 1 is 1.08 bits per heavy atom. The predicted octanol–water partition coefficient (Wildman–Crippen LogP) is 3.61. The molecule has 0 radical (unpaired) electrons. The van der Waals surface area contributed by atoms with Gasteiger partial charge in [-0.25, -0.2) is 9.78 Å². The van der Waals surface area contributed by atoms with Gasteiger partial charge in [-0.05, 0) is 12.1 Å². The van der Waals surface area contributed by atoms with Gasteiger partial charge in [0.1, 0.15) is 10.8 Å². The first-order valence-electron chi connectivity index (χ1n) is 7.78. The number of nitrogens with zero attached hydrogens (tertiary/aromatic N) is 1. The number of carbonyl (C=O) groups excluding carboxylic acids is 2. The van der Waals surface area contributed by atoms with E-state index in [2.05, 4.69) is 10.3 Å². The molecule has 26 heavy (non-hydrogen) atoms. The number of hydrogen-bond acceptors (Lipinski definition) is 6. The van der Waals surface area contributed by atoms with Gasteiger partial charge in [-0.3, -0.25) is 4.79 Å². The van der Waals surface area contributed by atoms with Gasteiger partial charge in [0, 0.05) is 10.9 Å². The average molecular weight is 368 g/mol. The lowest BCUT2D eigenvalue weighted by molar-refractivity contribution is -0.119. The lowest BCUT2D eigenvalue weighted by atomic mass is 10.2. The minimum atomic E-state index is -0.640. The van der Waals surface area contributed by atoms with Crippen molar-refractivity contribution < 1.29 is 19.1 Å². The second kappa shape index (κ2) is 8.26. The van der Waals surface area contributed by atoms with Crippen molar-refractivity contribution in [3.05, 3.63) is 65.7 Å². The molecule has 7 heteroatoms. The molecule has 0 saturated heterocycles. The van der Waals surface area contributed by atoms with Crippen molar-refractivity contribution in [1.82, 2.24) is 4.98 Å². The standard InChI is InChI=1S/C19H16N2O4S/c1-24-16-10-6-5-9-14(16)20-17(22)11-25-19(23)15-12-26-18(21-15)13-7-3-2-4-8-13/h2-10,12H,11H2,1H3,(H,20,22). The van der Waals surface area contributed by atoms with Gasteiger partial charge in [0.15, 0.2) is 12.3 Å². The number of esters is 1. The maximum Gasteiger partial charge on any atom is 0.358 e. The number of para-hydroxylation sites is 2. The zero-order chi connectivity index (χ0) is 18.4. The van der Waals surface area contributed by atoms with Gasteiger partial charge in [0.05, 0.1) is 12.8 Å². The Bertz CT molecular complexity index is 909. The fraction of sp³-hybridized carbons (Fsp3) is 0.105. The van der Waals surface area contributed by atoms with Gasteiger partial charge in [0.25, 0.3) is 5.91 Å². The van der Waals surface area contributed by atoms with E-state index in [9.17, 15) is 9.59 Å². The molecular formula is C19H16N2O4S. The molecule has 3 rings (SSSR count). The molecule has 6 nitrogen and oxygen atoms in total. The van der Waals surface area contributed by atoms with Crippen LogP contribution in [-0.4, -0.2) is 30.6 Å². The van der Waals surface area contributed by atoms with Crippen LogP contribution in [0.2, 0.25) is 0 Å². The molecule has 0 fully saturated rings. The molecule has 1 aromatic heterocycles. The van der Waals surface area contributed by atoms with Gasteiger partial charge in [-0.15, -0.1) is 11.3 Å². The first kappa shape index (κ1) is 17.6.